The summed E-state index contributed by atoms with van der Waals surface area (Å²) in [6.45, 7) is 14.4. The van der Waals surface area contributed by atoms with Gasteiger partial charge in [-0.1, -0.05) is 41.5 Å². The molecular weight excluding hydrogens is 248 g/mol. The molecule has 2 aromatic heterocycles. The summed E-state index contributed by atoms with van der Waals surface area (Å²) in [6.07, 6.45) is 4.12. The predicted octanol–water partition coefficient (Wildman–Crippen LogP) is 4.45. The fourth-order valence-corrected chi connectivity index (χ4v) is 10.9. The average molecular weight is 274 g/mol. The SMILES string of the molecule is CC(C)[Si](c1cnc2cc[nH]c2c1)(C(C)C)C(C)C. The van der Waals surface area contributed by atoms with Gasteiger partial charge in [0.1, 0.15) is 0 Å². The normalized spacial score (nSPS) is 13.1. The van der Waals surface area contributed by atoms with Crippen LogP contribution in [0.5, 0.6) is 0 Å². The van der Waals surface area contributed by atoms with E-state index >= 15 is 0 Å². The zero-order chi connectivity index (χ0) is 14.2. The summed E-state index contributed by atoms with van der Waals surface area (Å²) < 4.78 is 0. The van der Waals surface area contributed by atoms with Gasteiger partial charge >= 0.3 is 0 Å². The maximum absolute atomic E-state index is 4.66. The minimum absolute atomic E-state index is 0.724. The number of H-pyrrole nitrogens is 1. The molecular formula is C16H26N2Si. The van der Waals surface area contributed by atoms with Gasteiger partial charge in [-0.2, -0.15) is 0 Å². The second kappa shape index (κ2) is 5.12. The van der Waals surface area contributed by atoms with E-state index < -0.39 is 8.07 Å². The number of fused-ring (bicyclic) bond motifs is 1. The molecule has 0 saturated carbocycles. The highest BCUT2D eigenvalue weighted by molar-refractivity contribution is 6.95. The number of rotatable bonds is 4. The number of pyridine rings is 1. The highest BCUT2D eigenvalue weighted by Gasteiger charge is 2.44. The van der Waals surface area contributed by atoms with Gasteiger partial charge in [-0.05, 0) is 33.9 Å². The van der Waals surface area contributed by atoms with Gasteiger partial charge in [-0.3, -0.25) is 4.98 Å². The smallest absolute Gasteiger partial charge is 0.0963 e. The molecule has 0 spiro atoms. The molecule has 0 aliphatic rings. The van der Waals surface area contributed by atoms with Crippen molar-refractivity contribution in [3.8, 4) is 0 Å². The Morgan fingerprint density at radius 2 is 1.58 bits per heavy atom. The van der Waals surface area contributed by atoms with Crippen LogP contribution >= 0.6 is 0 Å². The van der Waals surface area contributed by atoms with Crippen LogP contribution < -0.4 is 5.19 Å². The molecule has 3 heteroatoms. The highest BCUT2D eigenvalue weighted by Crippen LogP contribution is 2.41. The van der Waals surface area contributed by atoms with Gasteiger partial charge in [-0.15, -0.1) is 0 Å². The fourth-order valence-electron chi connectivity index (χ4n) is 4.17. The molecule has 0 radical (unpaired) electrons. The first kappa shape index (κ1) is 14.3. The molecule has 2 nitrogen and oxygen atoms in total. The predicted molar refractivity (Wildman–Crippen MR) is 86.8 cm³/mol. The Labute approximate surface area is 117 Å². The number of aromatic amines is 1. The molecule has 19 heavy (non-hydrogen) atoms. The third-order valence-corrected chi connectivity index (χ3v) is 11.8. The van der Waals surface area contributed by atoms with Crippen LogP contribution in [0.15, 0.2) is 24.5 Å². The largest absolute Gasteiger partial charge is 0.360 e. The quantitative estimate of drug-likeness (QED) is 0.820. The van der Waals surface area contributed by atoms with Crippen LogP contribution in [0, 0.1) is 0 Å². The van der Waals surface area contributed by atoms with Gasteiger partial charge in [0.25, 0.3) is 0 Å². The van der Waals surface area contributed by atoms with Crippen molar-refractivity contribution in [1.82, 2.24) is 9.97 Å². The highest BCUT2D eigenvalue weighted by atomic mass is 28.3. The van der Waals surface area contributed by atoms with Gasteiger partial charge in [0.2, 0.25) is 0 Å². The monoisotopic (exact) mass is 274 g/mol. The van der Waals surface area contributed by atoms with Crippen molar-refractivity contribution >= 4 is 24.3 Å². The standard InChI is InChI=1S/C16H26N2Si/c1-11(2)19(12(3)4,13(5)6)14-9-16-15(18-10-14)7-8-17-16/h7-13,17H,1-6H3. The van der Waals surface area contributed by atoms with Crippen molar-refractivity contribution in [2.24, 2.45) is 0 Å². The minimum Gasteiger partial charge on any atom is -0.360 e. The molecule has 0 atom stereocenters. The van der Waals surface area contributed by atoms with Crippen LogP contribution in [-0.2, 0) is 0 Å². The number of hydrogen-bond acceptors (Lipinski definition) is 1. The number of hydrogen-bond donors (Lipinski definition) is 1. The van der Waals surface area contributed by atoms with Gasteiger partial charge in [0.05, 0.1) is 19.1 Å². The Hall–Kier alpha value is -1.09. The van der Waals surface area contributed by atoms with Crippen LogP contribution in [0.3, 0.4) is 0 Å². The third-order valence-electron chi connectivity index (χ3n) is 4.76. The average Bonchev–Trinajstić information content (AvgIpc) is 2.75. The Morgan fingerprint density at radius 3 is 2.11 bits per heavy atom. The lowest BCUT2D eigenvalue weighted by Gasteiger charge is -2.43. The molecule has 1 N–H and O–H groups in total. The minimum atomic E-state index is -1.58. The van der Waals surface area contributed by atoms with Crippen LogP contribution in [0.1, 0.15) is 41.5 Å². The summed E-state index contributed by atoms with van der Waals surface area (Å²) in [7, 11) is -1.58. The molecule has 2 rings (SSSR count). The first-order valence-corrected chi connectivity index (χ1v) is 9.57. The van der Waals surface area contributed by atoms with E-state index in [0.717, 1.165) is 22.1 Å². The van der Waals surface area contributed by atoms with Crippen LogP contribution in [0.2, 0.25) is 16.6 Å². The Kier molecular flexibility index (Phi) is 3.86. The maximum atomic E-state index is 4.66. The van der Waals surface area contributed by atoms with E-state index in [-0.39, 0.29) is 0 Å². The fraction of sp³-hybridized carbons (Fsp3) is 0.562. The van der Waals surface area contributed by atoms with Crippen molar-refractivity contribution < 1.29 is 0 Å². The van der Waals surface area contributed by atoms with Crippen LogP contribution in [0.25, 0.3) is 11.0 Å². The van der Waals surface area contributed by atoms with Crippen molar-refractivity contribution in [2.45, 2.75) is 58.2 Å². The van der Waals surface area contributed by atoms with Crippen molar-refractivity contribution in [1.29, 1.82) is 0 Å². The van der Waals surface area contributed by atoms with E-state index in [1.807, 2.05) is 12.3 Å². The Balaban J connectivity index is 2.65. The van der Waals surface area contributed by atoms with E-state index in [4.69, 9.17) is 0 Å². The molecule has 2 aromatic rings. The Morgan fingerprint density at radius 1 is 1.00 bits per heavy atom. The van der Waals surface area contributed by atoms with Crippen molar-refractivity contribution in [3.63, 3.8) is 0 Å². The molecule has 0 aromatic carbocycles. The molecule has 0 amide bonds. The summed E-state index contributed by atoms with van der Waals surface area (Å²) in [5.74, 6) is 0. The van der Waals surface area contributed by atoms with Crippen molar-refractivity contribution in [2.75, 3.05) is 0 Å². The van der Waals surface area contributed by atoms with Gasteiger partial charge in [0.15, 0.2) is 0 Å². The van der Waals surface area contributed by atoms with Crippen molar-refractivity contribution in [3.05, 3.63) is 24.5 Å². The van der Waals surface area contributed by atoms with Crippen LogP contribution in [-0.4, -0.2) is 18.0 Å². The van der Waals surface area contributed by atoms with Gasteiger partial charge in [-0.25, -0.2) is 0 Å². The van der Waals surface area contributed by atoms with E-state index in [1.165, 1.54) is 10.7 Å². The zero-order valence-corrected chi connectivity index (χ0v) is 14.0. The topological polar surface area (TPSA) is 28.7 Å². The number of nitrogens with one attached hydrogen (secondary N) is 1. The number of aromatic nitrogens is 2. The summed E-state index contributed by atoms with van der Waals surface area (Å²) in [5, 5.41) is 1.50. The Bertz CT molecular complexity index is 533. The first-order valence-electron chi connectivity index (χ1n) is 7.34. The summed E-state index contributed by atoms with van der Waals surface area (Å²) in [4.78, 5) is 7.97. The van der Waals surface area contributed by atoms with E-state index in [2.05, 4.69) is 63.8 Å². The molecule has 0 saturated heterocycles. The van der Waals surface area contributed by atoms with E-state index in [0.29, 0.717) is 0 Å². The summed E-state index contributed by atoms with van der Waals surface area (Å²) in [6, 6.07) is 4.40. The van der Waals surface area contributed by atoms with E-state index in [9.17, 15) is 0 Å². The molecule has 104 valence electrons. The first-order chi connectivity index (χ1) is 8.90. The summed E-state index contributed by atoms with van der Waals surface area (Å²) in [5.41, 5.74) is 4.42. The summed E-state index contributed by atoms with van der Waals surface area (Å²) >= 11 is 0. The second-order valence-electron chi connectivity index (χ2n) is 6.53. The molecule has 2 heterocycles. The number of nitrogens with zero attached hydrogens (tertiary/aromatic N) is 1. The third kappa shape index (κ3) is 2.14. The van der Waals surface area contributed by atoms with Crippen LogP contribution in [0.4, 0.5) is 0 Å². The van der Waals surface area contributed by atoms with Gasteiger partial charge < -0.3 is 4.98 Å². The molecule has 0 aliphatic carbocycles. The van der Waals surface area contributed by atoms with Gasteiger partial charge in [0, 0.05) is 12.4 Å². The lowest BCUT2D eigenvalue weighted by atomic mass is 10.4. The molecule has 0 fully saturated rings. The van der Waals surface area contributed by atoms with E-state index in [1.54, 1.807) is 0 Å². The zero-order valence-electron chi connectivity index (χ0n) is 13.0. The lowest BCUT2D eigenvalue weighted by Crippen LogP contribution is -2.55. The molecule has 0 aliphatic heterocycles. The lowest BCUT2D eigenvalue weighted by molar-refractivity contribution is 0.834. The second-order valence-corrected chi connectivity index (χ2v) is 12.4. The molecule has 0 bridgehead atoms. The molecule has 0 unspecified atom stereocenters. The maximum Gasteiger partial charge on any atom is 0.0963 e.